The first-order valence-electron chi connectivity index (χ1n) is 4.64. The Bertz CT molecular complexity index is 230. The predicted octanol–water partition coefficient (Wildman–Crippen LogP) is -2.58. The van der Waals surface area contributed by atoms with Gasteiger partial charge in [-0.3, -0.25) is 24.0 Å². The zero-order valence-electron chi connectivity index (χ0n) is 16.5. The van der Waals surface area contributed by atoms with E-state index >= 15 is 0 Å². The van der Waals surface area contributed by atoms with E-state index in [0.29, 0.717) is 0 Å². The molecule has 0 amide bonds. The zero-order chi connectivity index (χ0) is 17.9. The topological polar surface area (TPSA) is 186 Å². The van der Waals surface area contributed by atoms with E-state index in [9.17, 15) is 0 Å². The molecule has 0 aromatic rings. The van der Waals surface area contributed by atoms with Gasteiger partial charge in [0.2, 0.25) is 0 Å². The standard InChI is InChI=1S/5C2H4O2.Ca.Na.3H/c5*1-2(3)4;;;;;/h5*1H3,(H,3,4);;;;;/q;;;;;+2;+1;3*-1. The minimum atomic E-state index is -0.833. The number of carbonyl (C=O) groups is 5. The van der Waals surface area contributed by atoms with Crippen molar-refractivity contribution in [1.29, 1.82) is 0 Å². The van der Waals surface area contributed by atoms with E-state index in [1.54, 1.807) is 0 Å². The summed E-state index contributed by atoms with van der Waals surface area (Å²) < 4.78 is 0. The molecule has 126 valence electrons. The van der Waals surface area contributed by atoms with Crippen LogP contribution < -0.4 is 29.6 Å². The summed E-state index contributed by atoms with van der Waals surface area (Å²) in [6.07, 6.45) is 0. The molecule has 0 unspecified atom stereocenters. The third kappa shape index (κ3) is 44600. The van der Waals surface area contributed by atoms with Crippen molar-refractivity contribution in [2.45, 2.75) is 34.6 Å². The van der Waals surface area contributed by atoms with Crippen molar-refractivity contribution < 1.29 is 83.3 Å². The van der Waals surface area contributed by atoms with Gasteiger partial charge in [0.05, 0.1) is 0 Å². The van der Waals surface area contributed by atoms with Crippen LogP contribution in [0, 0.1) is 0 Å². The van der Waals surface area contributed by atoms with Crippen molar-refractivity contribution in [3.05, 3.63) is 0 Å². The summed E-state index contributed by atoms with van der Waals surface area (Å²) in [4.78, 5) is 45.0. The Morgan fingerprint density at radius 1 is 0.500 bits per heavy atom. The summed E-state index contributed by atoms with van der Waals surface area (Å²) in [6.45, 7) is 5.42. The maximum Gasteiger partial charge on any atom is 2.00 e. The molecule has 0 aliphatic carbocycles. The van der Waals surface area contributed by atoms with Gasteiger partial charge >= 0.3 is 67.3 Å². The molecule has 0 aliphatic rings. The average molecular weight is 366 g/mol. The molecule has 0 radical (unpaired) electrons. The fourth-order valence-corrected chi connectivity index (χ4v) is 0. The monoisotopic (exact) mass is 366 g/mol. The fourth-order valence-electron chi connectivity index (χ4n) is 0. The number of hydrogen-bond acceptors (Lipinski definition) is 5. The van der Waals surface area contributed by atoms with E-state index in [2.05, 4.69) is 0 Å². The molecule has 0 aromatic heterocycles. The molecule has 0 rings (SSSR count). The Hall–Kier alpha value is -0.390. The minimum Gasteiger partial charge on any atom is -1.00 e. The molecule has 0 aromatic carbocycles. The van der Waals surface area contributed by atoms with Crippen LogP contribution in [-0.2, 0) is 24.0 Å². The fraction of sp³-hybridized carbons (Fsp3) is 0.500. The van der Waals surface area contributed by atoms with Crippen molar-refractivity contribution in [3.63, 3.8) is 0 Å². The minimum absolute atomic E-state index is 0. The predicted molar refractivity (Wildman–Crippen MR) is 75.6 cm³/mol. The number of aliphatic carboxylic acids is 5. The van der Waals surface area contributed by atoms with Crippen LogP contribution in [0.4, 0.5) is 0 Å². The van der Waals surface area contributed by atoms with E-state index < -0.39 is 29.8 Å². The van der Waals surface area contributed by atoms with Crippen LogP contribution in [0.5, 0.6) is 0 Å². The number of carboxylic acids is 5. The molecule has 5 N–H and O–H groups in total. The van der Waals surface area contributed by atoms with Crippen LogP contribution in [0.2, 0.25) is 0 Å². The van der Waals surface area contributed by atoms with E-state index in [1.165, 1.54) is 0 Å². The smallest absolute Gasteiger partial charge is 1.00 e. The van der Waals surface area contributed by atoms with Crippen LogP contribution in [0.25, 0.3) is 0 Å². The van der Waals surface area contributed by atoms with Crippen molar-refractivity contribution in [1.82, 2.24) is 0 Å². The SMILES string of the molecule is CC(=O)O.CC(=O)O.CC(=O)O.CC(=O)O.CC(=O)O.[Ca+2].[H-].[H-].[H-].[Na+]. The third-order valence-corrected chi connectivity index (χ3v) is 0. The summed E-state index contributed by atoms with van der Waals surface area (Å²) in [5, 5.41) is 37.1. The van der Waals surface area contributed by atoms with Crippen molar-refractivity contribution in [2.24, 2.45) is 0 Å². The van der Waals surface area contributed by atoms with E-state index in [0.717, 1.165) is 34.6 Å². The zero-order valence-corrected chi connectivity index (χ0v) is 17.7. The van der Waals surface area contributed by atoms with Gasteiger partial charge in [0.15, 0.2) is 0 Å². The normalized spacial score (nSPS) is 5.68. The average Bonchev–Trinajstić information content (AvgIpc) is 1.94. The first-order chi connectivity index (χ1) is 8.66. The van der Waals surface area contributed by atoms with Gasteiger partial charge in [-0.15, -0.1) is 0 Å². The maximum absolute atomic E-state index is 9.00. The molecule has 0 saturated carbocycles. The first kappa shape index (κ1) is 43.0. The largest absolute Gasteiger partial charge is 2.00 e. The Balaban J connectivity index is -0.0000000134. The van der Waals surface area contributed by atoms with Crippen molar-refractivity contribution >= 4 is 67.6 Å². The van der Waals surface area contributed by atoms with Crippen LogP contribution in [-0.4, -0.2) is 93.1 Å². The van der Waals surface area contributed by atoms with Gasteiger partial charge in [-0.2, -0.15) is 0 Å². The number of carboxylic acid groups (broad SMARTS) is 5. The molecule has 12 heteroatoms. The Morgan fingerprint density at radius 2 is 0.500 bits per heavy atom. The molecule has 0 bridgehead atoms. The Labute approximate surface area is 184 Å². The molecule has 0 atom stereocenters. The van der Waals surface area contributed by atoms with Gasteiger partial charge in [0.1, 0.15) is 0 Å². The van der Waals surface area contributed by atoms with Gasteiger partial charge in [-0.25, -0.2) is 0 Å². The Morgan fingerprint density at radius 3 is 0.500 bits per heavy atom. The van der Waals surface area contributed by atoms with Crippen LogP contribution in [0.1, 0.15) is 38.9 Å². The van der Waals surface area contributed by atoms with Crippen molar-refractivity contribution in [2.75, 3.05) is 0 Å². The number of hydrogen-bond donors (Lipinski definition) is 5. The molecule has 0 spiro atoms. The molecule has 0 fully saturated rings. The summed E-state index contributed by atoms with van der Waals surface area (Å²) >= 11 is 0. The first-order valence-corrected chi connectivity index (χ1v) is 4.64. The quantitative estimate of drug-likeness (QED) is 0.285. The second kappa shape index (κ2) is 37.1. The molecule has 0 aliphatic heterocycles. The van der Waals surface area contributed by atoms with Gasteiger partial charge in [0, 0.05) is 34.6 Å². The second-order valence-corrected chi connectivity index (χ2v) is 2.60. The second-order valence-electron chi connectivity index (χ2n) is 2.60. The molecule has 0 saturated heterocycles. The van der Waals surface area contributed by atoms with Crippen LogP contribution in [0.15, 0.2) is 0 Å². The summed E-state index contributed by atoms with van der Waals surface area (Å²) in [5.41, 5.74) is 0. The Kier molecular flexibility index (Phi) is 72.6. The van der Waals surface area contributed by atoms with Gasteiger partial charge in [-0.1, -0.05) is 0 Å². The molecule has 0 heterocycles. The van der Waals surface area contributed by atoms with Gasteiger partial charge in [0.25, 0.3) is 29.8 Å². The van der Waals surface area contributed by atoms with E-state index in [4.69, 9.17) is 49.5 Å². The summed E-state index contributed by atoms with van der Waals surface area (Å²) in [7, 11) is 0. The molecule has 22 heavy (non-hydrogen) atoms. The summed E-state index contributed by atoms with van der Waals surface area (Å²) in [5.74, 6) is -4.17. The van der Waals surface area contributed by atoms with Gasteiger partial charge in [-0.05, 0) is 0 Å². The van der Waals surface area contributed by atoms with Gasteiger partial charge < -0.3 is 29.8 Å². The maximum atomic E-state index is 9.00. The molecular formula is C10H23CaNaO10. The molecule has 10 nitrogen and oxygen atoms in total. The van der Waals surface area contributed by atoms with Crippen LogP contribution >= 0.6 is 0 Å². The van der Waals surface area contributed by atoms with Crippen molar-refractivity contribution in [3.8, 4) is 0 Å². The third-order valence-electron chi connectivity index (χ3n) is 0. The van der Waals surface area contributed by atoms with E-state index in [-0.39, 0.29) is 71.6 Å². The van der Waals surface area contributed by atoms with Crippen LogP contribution in [0.3, 0.4) is 0 Å². The number of rotatable bonds is 0. The summed E-state index contributed by atoms with van der Waals surface area (Å²) in [6, 6.07) is 0. The molecular weight excluding hydrogens is 343 g/mol. The van der Waals surface area contributed by atoms with E-state index in [1.807, 2.05) is 0 Å².